The number of ether oxygens (including phenoxy) is 1. The van der Waals surface area contributed by atoms with Crippen molar-refractivity contribution in [2.75, 3.05) is 12.8 Å². The fourth-order valence-corrected chi connectivity index (χ4v) is 10.2. The van der Waals surface area contributed by atoms with Crippen molar-refractivity contribution in [3.63, 3.8) is 0 Å². The number of azo groups is 4. The van der Waals surface area contributed by atoms with Crippen LogP contribution in [-0.4, -0.2) is 77.1 Å². The van der Waals surface area contributed by atoms with Crippen molar-refractivity contribution in [3.05, 3.63) is 115 Å². The Bertz CT molecular complexity index is 4150. The van der Waals surface area contributed by atoms with Gasteiger partial charge in [0.2, 0.25) is 0 Å². The summed E-state index contributed by atoms with van der Waals surface area (Å²) in [6.07, 6.45) is 3.67. The Kier molecular flexibility index (Phi) is 19.2. The molecule has 0 aromatic heterocycles. The first-order chi connectivity index (χ1) is 38.0. The van der Waals surface area contributed by atoms with Gasteiger partial charge in [0.25, 0.3) is 30.4 Å². The van der Waals surface area contributed by atoms with E-state index < -0.39 is 85.8 Å². The van der Waals surface area contributed by atoms with Gasteiger partial charge >= 0.3 is 0 Å². The van der Waals surface area contributed by atoms with Gasteiger partial charge in [-0.2, -0.15) is 35.5 Å². The van der Waals surface area contributed by atoms with Gasteiger partial charge in [-0.25, -0.2) is 15.8 Å². The normalized spacial score (nSPS) is 13.0. The zero-order valence-corrected chi connectivity index (χ0v) is 44.4. The Balaban J connectivity index is 1.31. The van der Waals surface area contributed by atoms with Crippen molar-refractivity contribution in [1.29, 1.82) is 0 Å². The number of nitrogen functional groups attached to an aromatic ring is 1. The highest BCUT2D eigenvalue weighted by atomic mass is 32.2. The number of benzene rings is 7. The first-order valence-electron chi connectivity index (χ1n) is 20.9. The van der Waals surface area contributed by atoms with Crippen molar-refractivity contribution in [2.45, 2.75) is 24.5 Å². The van der Waals surface area contributed by atoms with Crippen LogP contribution >= 0.6 is 36.1 Å². The molecule has 0 radical (unpaired) electrons. The molecule has 0 aliphatic carbocycles. The summed E-state index contributed by atoms with van der Waals surface area (Å²) in [7, 11) is -13.7. The smallest absolute Gasteiger partial charge is 0.296 e. The van der Waals surface area contributed by atoms with Crippen molar-refractivity contribution in [2.24, 2.45) is 40.9 Å². The predicted octanol–water partition coefficient (Wildman–Crippen LogP) is 12.4. The fraction of sp³-hybridized carbons (Fsp3) is 0.0233. The Morgan fingerprint density at radius 2 is 1.12 bits per heavy atom. The molecule has 0 atom stereocenters. The largest absolute Gasteiger partial charge is 0.505 e. The molecule has 0 amide bonds. The van der Waals surface area contributed by atoms with Crippen molar-refractivity contribution >= 4 is 144 Å². The van der Waals surface area contributed by atoms with Gasteiger partial charge in [0.1, 0.15) is 44.0 Å². The minimum Gasteiger partial charge on any atom is -0.505 e. The van der Waals surface area contributed by atoms with E-state index in [0.717, 1.165) is 30.3 Å². The van der Waals surface area contributed by atoms with Crippen molar-refractivity contribution in [1.82, 2.24) is 0 Å². The number of anilines is 1. The van der Waals surface area contributed by atoms with E-state index >= 15 is 0 Å². The second-order valence-electron chi connectivity index (χ2n) is 15.2. The van der Waals surface area contributed by atoms with Gasteiger partial charge in [0.05, 0.1) is 91.5 Å². The van der Waals surface area contributed by atoms with Crippen molar-refractivity contribution in [3.8, 4) is 23.0 Å². The number of phenolic OH excluding ortho intramolecular Hbond substituents is 3. The third kappa shape index (κ3) is 14.2. The molecule has 80 heavy (non-hydrogen) atoms. The summed E-state index contributed by atoms with van der Waals surface area (Å²) in [5, 5.41) is 104. The molecule has 37 heteroatoms. The van der Waals surface area contributed by atoms with Crippen LogP contribution in [-0.2, 0) is 58.5 Å². The molecule has 0 heterocycles. The average Bonchev–Trinajstić information content (AvgIpc) is 3.41. The van der Waals surface area contributed by atoms with E-state index in [-0.39, 0.29) is 81.8 Å². The van der Waals surface area contributed by atoms with E-state index in [1.807, 2.05) is 0 Å². The molecule has 7 rings (SSSR count). The lowest BCUT2D eigenvalue weighted by Gasteiger charge is -2.14. The Morgan fingerprint density at radius 3 is 1.74 bits per heavy atom. The maximum Gasteiger partial charge on any atom is 0.296 e. The lowest BCUT2D eigenvalue weighted by molar-refractivity contribution is -0.432. The van der Waals surface area contributed by atoms with Gasteiger partial charge in [-0.3, -0.25) is 13.7 Å². The molecule has 0 saturated carbocycles. The molecule has 0 fully saturated rings. The van der Waals surface area contributed by atoms with Crippen LogP contribution in [0.5, 0.6) is 23.0 Å². The van der Waals surface area contributed by atoms with E-state index in [0.29, 0.717) is 35.2 Å². The Labute approximate surface area is 460 Å². The zero-order valence-electron chi connectivity index (χ0n) is 39.5. The molecule has 0 aliphatic rings. The number of nitrogens with zero attached hydrogens (tertiary/aromatic N) is 8. The minimum atomic E-state index is -5.24. The number of allylic oxidation sites excluding steroid dienone is 3. The summed E-state index contributed by atoms with van der Waals surface area (Å²) >= 11 is 1.00. The van der Waals surface area contributed by atoms with Crippen LogP contribution in [0.2, 0.25) is 0 Å². The molecule has 0 spiro atoms. The highest BCUT2D eigenvalue weighted by Crippen LogP contribution is 2.51. The first-order valence-corrected chi connectivity index (χ1v) is 27.5. The molecule has 418 valence electrons. The number of nitrogens with two attached hydrogens (primary N) is 1. The quantitative estimate of drug-likeness (QED) is 0.00541. The lowest BCUT2D eigenvalue weighted by atomic mass is 10.0. The Hall–Kier alpha value is -7.64. The van der Waals surface area contributed by atoms with Crippen LogP contribution in [0.4, 0.5) is 45.5 Å². The monoisotopic (exact) mass is 1220 g/mol. The van der Waals surface area contributed by atoms with Crippen LogP contribution in [0.15, 0.2) is 180 Å². The summed E-state index contributed by atoms with van der Waals surface area (Å²) in [5.41, 5.74) is 2.92. The van der Waals surface area contributed by atoms with E-state index in [4.69, 9.17) is 26.2 Å². The van der Waals surface area contributed by atoms with Crippen LogP contribution in [0.1, 0.15) is 0 Å². The first kappa shape index (κ1) is 60.0. The molecule has 31 nitrogen and oxygen atoms in total. The maximum atomic E-state index is 12.9. The number of phenols is 3. The summed E-state index contributed by atoms with van der Waals surface area (Å²) in [5.74, 6) is -1.97. The fourth-order valence-electron chi connectivity index (χ4n) is 6.99. The molecular formula is C43H33N9O22S6. The van der Waals surface area contributed by atoms with Crippen LogP contribution in [0.3, 0.4) is 0 Å². The third-order valence-electron chi connectivity index (χ3n) is 10.3. The average molecular weight is 1220 g/mol. The van der Waals surface area contributed by atoms with Gasteiger partial charge in [-0.15, -0.1) is 43.7 Å². The highest BCUT2D eigenvalue weighted by Gasteiger charge is 2.27. The van der Waals surface area contributed by atoms with E-state index in [1.165, 1.54) is 73.9 Å². The summed E-state index contributed by atoms with van der Waals surface area (Å²) < 4.78 is 123. The SMILES string of the molecule is C=CC=CC(=CS(=O)(=O)O)N=Nc1c(SOOO)cc2cc(N=Nc3c(SOOO)cc4cc(S(=O)(=O)O)c(N=Nc5ccc6cc(S(=O)(=O)O)c(N=Nc7ccc(OC)cc7SOOO)c(O)c6c5)c(N)c4c3O)ccc2c1O. The minimum absolute atomic E-state index is 0.00428. The number of hydrogen-bond acceptors (Lipinski definition) is 31. The molecule has 7 aromatic rings. The van der Waals surface area contributed by atoms with Gasteiger partial charge in [0.15, 0.2) is 17.2 Å². The van der Waals surface area contributed by atoms with Crippen LogP contribution < -0.4 is 10.5 Å². The van der Waals surface area contributed by atoms with E-state index in [1.54, 1.807) is 0 Å². The van der Waals surface area contributed by atoms with Gasteiger partial charge in [0, 0.05) is 10.8 Å². The Morgan fingerprint density at radius 1 is 0.575 bits per heavy atom. The second kappa shape index (κ2) is 25.6. The molecular weight excluding hydrogens is 1190 g/mol. The second-order valence-corrected chi connectivity index (χ2v) is 21.4. The van der Waals surface area contributed by atoms with Crippen LogP contribution in [0, 0.1) is 0 Å². The molecule has 11 N–H and O–H groups in total. The van der Waals surface area contributed by atoms with Crippen molar-refractivity contribution < 1.29 is 103 Å². The predicted molar refractivity (Wildman–Crippen MR) is 282 cm³/mol. The lowest BCUT2D eigenvalue weighted by Crippen LogP contribution is -2.02. The number of fused-ring (bicyclic) bond motifs is 3. The molecule has 0 saturated heterocycles. The molecule has 7 aromatic carbocycles. The topological polar surface area (TPSA) is 474 Å². The third-order valence-corrected chi connectivity index (χ3v) is 14.4. The van der Waals surface area contributed by atoms with Gasteiger partial charge in [-0.05, 0) is 95.0 Å². The van der Waals surface area contributed by atoms with E-state index in [2.05, 4.69) is 75.6 Å². The summed E-state index contributed by atoms with van der Waals surface area (Å²) in [6, 6.07) is 16.0. The van der Waals surface area contributed by atoms with Crippen LogP contribution in [0.25, 0.3) is 32.3 Å². The number of aromatic hydroxyl groups is 3. The summed E-state index contributed by atoms with van der Waals surface area (Å²) in [6.45, 7) is 3.46. The molecule has 0 unspecified atom stereocenters. The molecule has 0 aliphatic heterocycles. The number of methoxy groups -OCH3 is 1. The van der Waals surface area contributed by atoms with Gasteiger partial charge < -0.3 is 25.8 Å². The highest BCUT2D eigenvalue weighted by molar-refractivity contribution is 7.95. The zero-order chi connectivity index (χ0) is 58.1. The number of rotatable bonds is 23. The molecule has 0 bridgehead atoms. The maximum absolute atomic E-state index is 12.9. The standard InChI is InChI=1S/C43H33N9O22S6/c1-3-4-5-25(19-78(59,60)61)47-49-37-31(76-73-70-57)13-21-12-23(8-10-27(21)41(37)53)45-50-38-32(77-74-71-58)14-22-16-33(79(62,63)64)39(36(44)35(22)43(38)55)51-46-24-7-6-20-15-34(80(65,66)67)40(42(54)28(20)17-24)52-48-29-11-9-26(68-2)18-30(29)75-72-69-56/h3-19,53-58H,1,44H2,2H3,(H,59,60,61)(H,62,63,64)(H,65,66,67). The van der Waals surface area contributed by atoms with Gasteiger partial charge in [-0.1, -0.05) is 39.9 Å². The summed E-state index contributed by atoms with van der Waals surface area (Å²) in [4.78, 5) is -2.04. The van der Waals surface area contributed by atoms with E-state index in [9.17, 15) is 54.2 Å². The number of hydrogen-bond donors (Lipinski definition) is 10.